The SMILES string of the molecule is CC(C)(C)c1ccc(N2c3cc4c(c5c3B(c3sc6ccc(C(C)(C)C)cc6c32)c2sc3ccc(C(C)(C)C)cc3c2N5c2ccccc2)C(C)(C)CC4(C)C)cc1. The first-order valence-corrected chi connectivity index (χ1v) is 22.9. The van der Waals surface area contributed by atoms with Crippen molar-refractivity contribution in [2.24, 2.45) is 0 Å². The van der Waals surface area contributed by atoms with Crippen LogP contribution in [0.3, 0.4) is 0 Å². The molecule has 0 unspecified atom stereocenters. The maximum Gasteiger partial charge on any atom is 0.277 e. The Morgan fingerprint density at radius 3 is 1.52 bits per heavy atom. The quantitative estimate of drug-likeness (QED) is 0.161. The molecule has 1 aliphatic carbocycles. The van der Waals surface area contributed by atoms with E-state index >= 15 is 0 Å². The average Bonchev–Trinajstić information content (AvgIpc) is 3.77. The normalized spacial score (nSPS) is 16.8. The van der Waals surface area contributed by atoms with Crippen LogP contribution in [0.25, 0.3) is 20.2 Å². The summed E-state index contributed by atoms with van der Waals surface area (Å²) in [4.78, 5) is 5.40. The summed E-state index contributed by atoms with van der Waals surface area (Å²) >= 11 is 4.04. The van der Waals surface area contributed by atoms with E-state index < -0.39 is 0 Å². The van der Waals surface area contributed by atoms with Gasteiger partial charge in [-0.2, -0.15) is 0 Å². The van der Waals surface area contributed by atoms with Crippen LogP contribution < -0.4 is 24.8 Å². The highest BCUT2D eigenvalue weighted by Crippen LogP contribution is 2.59. The molecule has 0 radical (unpaired) electrons. The first kappa shape index (κ1) is 37.9. The summed E-state index contributed by atoms with van der Waals surface area (Å²) in [6.45, 7) is 31.1. The van der Waals surface area contributed by atoms with E-state index in [1.165, 1.54) is 97.1 Å². The van der Waals surface area contributed by atoms with Crippen molar-refractivity contribution < 1.29 is 0 Å². The standard InChI is InChI=1S/C53H57BN2S2/c1-49(2,3)31-19-23-35(24-20-31)55-39-29-38-42(53(12,13)30-52(38,10)11)46-43(39)54(47-44(55)36-27-32(50(4,5)6)21-25-40(36)57-47)48-45(56(46)34-17-15-14-16-18-34)37-28-33(51(7,8)9)22-26-41(37)58-48/h14-29H,30H2,1-13H3. The Morgan fingerprint density at radius 1 is 0.517 bits per heavy atom. The van der Waals surface area contributed by atoms with Crippen molar-refractivity contribution >= 4 is 98.7 Å². The molecule has 0 atom stereocenters. The molecule has 2 aliphatic heterocycles. The third-order valence-corrected chi connectivity index (χ3v) is 15.9. The Balaban J connectivity index is 1.40. The van der Waals surface area contributed by atoms with Gasteiger partial charge in [0.05, 0.1) is 11.4 Å². The molecule has 4 heterocycles. The van der Waals surface area contributed by atoms with Gasteiger partial charge in [0.2, 0.25) is 0 Å². The van der Waals surface area contributed by atoms with E-state index in [0.717, 1.165) is 6.42 Å². The van der Waals surface area contributed by atoms with E-state index in [-0.39, 0.29) is 33.8 Å². The Labute approximate surface area is 355 Å². The van der Waals surface area contributed by atoms with Crippen molar-refractivity contribution in [2.45, 2.75) is 124 Å². The zero-order valence-electron chi connectivity index (χ0n) is 36.7. The maximum atomic E-state index is 2.72. The number of para-hydroxylation sites is 1. The number of benzene rings is 5. The van der Waals surface area contributed by atoms with Gasteiger partial charge >= 0.3 is 0 Å². The lowest BCUT2D eigenvalue weighted by Crippen LogP contribution is -2.60. The summed E-state index contributed by atoms with van der Waals surface area (Å²) in [6, 6.07) is 38.1. The van der Waals surface area contributed by atoms with E-state index in [4.69, 9.17) is 0 Å². The zero-order chi connectivity index (χ0) is 41.1. The molecule has 0 fully saturated rings. The van der Waals surface area contributed by atoms with E-state index in [1.54, 1.807) is 0 Å². The highest BCUT2D eigenvalue weighted by molar-refractivity contribution is 7.40. The van der Waals surface area contributed by atoms with Gasteiger partial charge in [-0.25, -0.2) is 0 Å². The number of thiophene rings is 2. The molecule has 7 aromatic rings. The van der Waals surface area contributed by atoms with Crippen LogP contribution in [0.15, 0.2) is 97.1 Å². The maximum absolute atomic E-state index is 2.72. The molecular weight excluding hydrogens is 740 g/mol. The second kappa shape index (κ2) is 12.1. The highest BCUT2D eigenvalue weighted by atomic mass is 32.1. The lowest BCUT2D eigenvalue weighted by atomic mass is 9.38. The molecular formula is C53H57BN2S2. The van der Waals surface area contributed by atoms with Crippen molar-refractivity contribution in [1.82, 2.24) is 0 Å². The number of nitrogens with zero attached hydrogens (tertiary/aromatic N) is 2. The van der Waals surface area contributed by atoms with Crippen LogP contribution in [0.2, 0.25) is 0 Å². The van der Waals surface area contributed by atoms with Crippen LogP contribution in [-0.4, -0.2) is 6.71 Å². The molecule has 10 rings (SSSR count). The van der Waals surface area contributed by atoms with E-state index in [1.807, 2.05) is 22.7 Å². The van der Waals surface area contributed by atoms with Crippen LogP contribution in [0.5, 0.6) is 0 Å². The third-order valence-electron chi connectivity index (χ3n) is 13.4. The minimum absolute atomic E-state index is 0.00320. The minimum Gasteiger partial charge on any atom is -0.310 e. The summed E-state index contributed by atoms with van der Waals surface area (Å²) in [7, 11) is 0. The molecule has 0 saturated carbocycles. The molecule has 2 aromatic heterocycles. The Kier molecular flexibility index (Phi) is 7.94. The number of anilines is 6. The van der Waals surface area contributed by atoms with E-state index in [0.29, 0.717) is 0 Å². The van der Waals surface area contributed by atoms with Crippen LogP contribution in [0.1, 0.15) is 124 Å². The predicted octanol–water partition coefficient (Wildman–Crippen LogP) is 14.0. The first-order chi connectivity index (χ1) is 27.1. The average molecular weight is 797 g/mol. The van der Waals surface area contributed by atoms with Crippen LogP contribution in [-0.2, 0) is 27.1 Å². The molecule has 5 aromatic carbocycles. The summed E-state index contributed by atoms with van der Waals surface area (Å²) < 4.78 is 5.64. The number of fused-ring (bicyclic) bond motifs is 10. The lowest BCUT2D eigenvalue weighted by molar-refractivity contribution is 0.403. The fourth-order valence-electron chi connectivity index (χ4n) is 10.7. The largest absolute Gasteiger partial charge is 0.310 e. The molecule has 0 amide bonds. The van der Waals surface area contributed by atoms with Gasteiger partial charge in [0, 0.05) is 52.5 Å². The fraction of sp³-hybridized carbons (Fsp3) is 0.358. The second-order valence-electron chi connectivity index (χ2n) is 21.8. The van der Waals surface area contributed by atoms with Crippen LogP contribution in [0, 0.1) is 0 Å². The molecule has 3 aliphatic rings. The van der Waals surface area contributed by atoms with Gasteiger partial charge in [-0.1, -0.05) is 132 Å². The number of rotatable bonds is 2. The third kappa shape index (κ3) is 5.48. The van der Waals surface area contributed by atoms with Gasteiger partial charge in [0.15, 0.2) is 0 Å². The first-order valence-electron chi connectivity index (χ1n) is 21.3. The van der Waals surface area contributed by atoms with Gasteiger partial charge in [-0.15, -0.1) is 22.7 Å². The Bertz CT molecular complexity index is 2820. The predicted molar refractivity (Wildman–Crippen MR) is 258 cm³/mol. The topological polar surface area (TPSA) is 6.48 Å². The molecule has 294 valence electrons. The molecule has 5 heteroatoms. The van der Waals surface area contributed by atoms with Crippen LogP contribution in [0.4, 0.5) is 34.1 Å². The van der Waals surface area contributed by atoms with Crippen LogP contribution >= 0.6 is 22.7 Å². The van der Waals surface area contributed by atoms with Crippen molar-refractivity contribution in [1.29, 1.82) is 0 Å². The summed E-state index contributed by atoms with van der Waals surface area (Å²) in [5.74, 6) is 0. The van der Waals surface area contributed by atoms with Gasteiger partial charge in [-0.3, -0.25) is 0 Å². The molecule has 0 saturated heterocycles. The summed E-state index contributed by atoms with van der Waals surface area (Å²) in [5.41, 5.74) is 16.6. The smallest absolute Gasteiger partial charge is 0.277 e. The van der Waals surface area contributed by atoms with E-state index in [9.17, 15) is 0 Å². The van der Waals surface area contributed by atoms with Gasteiger partial charge in [0.25, 0.3) is 6.71 Å². The fourth-order valence-corrected chi connectivity index (χ4v) is 13.4. The zero-order valence-corrected chi connectivity index (χ0v) is 38.4. The number of hydrogen-bond acceptors (Lipinski definition) is 4. The Morgan fingerprint density at radius 2 is 1.00 bits per heavy atom. The molecule has 0 N–H and O–H groups in total. The molecule has 58 heavy (non-hydrogen) atoms. The number of hydrogen-bond donors (Lipinski definition) is 0. The minimum atomic E-state index is -0.0259. The van der Waals surface area contributed by atoms with Gasteiger partial charge in [-0.05, 0) is 121 Å². The van der Waals surface area contributed by atoms with Crippen molar-refractivity contribution in [3.63, 3.8) is 0 Å². The monoisotopic (exact) mass is 796 g/mol. The summed E-state index contributed by atoms with van der Waals surface area (Å²) in [5, 5.41) is 2.73. The van der Waals surface area contributed by atoms with Crippen molar-refractivity contribution in [3.05, 3.63) is 125 Å². The molecule has 2 nitrogen and oxygen atoms in total. The molecule has 0 bridgehead atoms. The molecule has 0 spiro atoms. The van der Waals surface area contributed by atoms with Crippen molar-refractivity contribution in [3.8, 4) is 0 Å². The van der Waals surface area contributed by atoms with Gasteiger partial charge in [0.1, 0.15) is 0 Å². The highest BCUT2D eigenvalue weighted by Gasteiger charge is 2.53. The van der Waals surface area contributed by atoms with E-state index in [2.05, 4.69) is 197 Å². The second-order valence-corrected chi connectivity index (χ2v) is 24.0. The lowest BCUT2D eigenvalue weighted by Gasteiger charge is -2.44. The van der Waals surface area contributed by atoms with Crippen molar-refractivity contribution in [2.75, 3.05) is 9.80 Å². The summed E-state index contributed by atoms with van der Waals surface area (Å²) in [6.07, 6.45) is 1.10. The van der Waals surface area contributed by atoms with Gasteiger partial charge < -0.3 is 9.80 Å². The Hall–Kier alpha value is -4.32.